The lowest BCUT2D eigenvalue weighted by molar-refractivity contribution is -0.102. The van der Waals surface area contributed by atoms with Crippen LogP contribution in [0, 0.1) is 5.92 Å². The molecule has 2 fully saturated rings. The number of likely N-dealkylation sites (tertiary alicyclic amines) is 1. The highest BCUT2D eigenvalue weighted by molar-refractivity contribution is 4.97. The van der Waals surface area contributed by atoms with E-state index >= 15 is 0 Å². The average molecular weight is 307 g/mol. The molecule has 1 aromatic heterocycles. The van der Waals surface area contributed by atoms with Gasteiger partial charge in [0.05, 0.1) is 25.4 Å². The molecule has 3 atom stereocenters. The van der Waals surface area contributed by atoms with Gasteiger partial charge in [0.25, 0.3) is 0 Å². The third-order valence-corrected chi connectivity index (χ3v) is 4.77. The van der Waals surface area contributed by atoms with Crippen molar-refractivity contribution in [3.63, 3.8) is 0 Å². The molecular formula is C17H29N3O2. The number of hydrogen-bond donors (Lipinski definition) is 0. The average Bonchev–Trinajstić information content (AvgIpc) is 3.06. The number of hydrogen-bond acceptors (Lipinski definition) is 4. The Hall–Kier alpha value is -0.910. The third-order valence-electron chi connectivity index (χ3n) is 4.77. The molecule has 5 nitrogen and oxygen atoms in total. The van der Waals surface area contributed by atoms with Gasteiger partial charge < -0.3 is 14.0 Å². The second-order valence-electron chi connectivity index (χ2n) is 7.09. The zero-order chi connectivity index (χ0) is 15.5. The van der Waals surface area contributed by atoms with Gasteiger partial charge in [-0.1, -0.05) is 13.8 Å². The molecule has 0 N–H and O–H groups in total. The molecular weight excluding hydrogens is 278 g/mol. The Morgan fingerprint density at radius 1 is 1.36 bits per heavy atom. The van der Waals surface area contributed by atoms with Crippen molar-refractivity contribution < 1.29 is 9.47 Å². The van der Waals surface area contributed by atoms with E-state index in [0.717, 1.165) is 45.0 Å². The van der Waals surface area contributed by atoms with Crippen molar-refractivity contribution in [2.45, 2.75) is 57.9 Å². The minimum Gasteiger partial charge on any atom is -0.378 e. The Morgan fingerprint density at radius 3 is 2.95 bits per heavy atom. The molecule has 124 valence electrons. The number of ether oxygens (including phenoxy) is 2. The molecule has 0 aliphatic carbocycles. The van der Waals surface area contributed by atoms with Crippen LogP contribution in [0.15, 0.2) is 12.4 Å². The fourth-order valence-corrected chi connectivity index (χ4v) is 3.57. The first-order valence-electron chi connectivity index (χ1n) is 8.57. The lowest BCUT2D eigenvalue weighted by Gasteiger charge is -2.36. The van der Waals surface area contributed by atoms with E-state index in [1.54, 1.807) is 0 Å². The quantitative estimate of drug-likeness (QED) is 0.808. The molecule has 0 radical (unpaired) electrons. The van der Waals surface area contributed by atoms with Crippen molar-refractivity contribution in [2.24, 2.45) is 13.0 Å². The zero-order valence-electron chi connectivity index (χ0n) is 14.1. The molecule has 0 bridgehead atoms. The molecule has 1 aromatic rings. The Balaban J connectivity index is 1.48. The SMILES string of the molecule is CC(C)COC[C@@H]1CC[C@H]2[C@H](CCN2Cc2nccn2C)O1. The third kappa shape index (κ3) is 3.70. The maximum Gasteiger partial charge on any atom is 0.122 e. The summed E-state index contributed by atoms with van der Waals surface area (Å²) < 4.78 is 14.1. The van der Waals surface area contributed by atoms with Crippen LogP contribution in [0.25, 0.3) is 0 Å². The molecule has 22 heavy (non-hydrogen) atoms. The van der Waals surface area contributed by atoms with Gasteiger partial charge in [-0.15, -0.1) is 0 Å². The molecule has 0 saturated carbocycles. The molecule has 0 aromatic carbocycles. The van der Waals surface area contributed by atoms with Gasteiger partial charge in [-0.25, -0.2) is 4.98 Å². The number of nitrogens with zero attached hydrogens (tertiary/aromatic N) is 3. The van der Waals surface area contributed by atoms with Crippen LogP contribution in [-0.2, 0) is 23.1 Å². The zero-order valence-corrected chi connectivity index (χ0v) is 14.1. The van der Waals surface area contributed by atoms with Gasteiger partial charge in [0.15, 0.2) is 0 Å². The second-order valence-corrected chi connectivity index (χ2v) is 7.09. The first-order valence-corrected chi connectivity index (χ1v) is 8.57. The number of fused-ring (bicyclic) bond motifs is 1. The smallest absolute Gasteiger partial charge is 0.122 e. The van der Waals surface area contributed by atoms with Gasteiger partial charge in [-0.2, -0.15) is 0 Å². The molecule has 2 aliphatic rings. The molecule has 3 heterocycles. The largest absolute Gasteiger partial charge is 0.378 e. The van der Waals surface area contributed by atoms with E-state index < -0.39 is 0 Å². The minimum atomic E-state index is 0.285. The number of aromatic nitrogens is 2. The van der Waals surface area contributed by atoms with Crippen LogP contribution in [-0.4, -0.2) is 52.5 Å². The molecule has 0 amide bonds. The summed E-state index contributed by atoms with van der Waals surface area (Å²) in [6.45, 7) is 8.00. The van der Waals surface area contributed by atoms with Gasteiger partial charge in [-0.05, 0) is 25.2 Å². The van der Waals surface area contributed by atoms with Crippen molar-refractivity contribution in [2.75, 3.05) is 19.8 Å². The summed E-state index contributed by atoms with van der Waals surface area (Å²) in [6, 6.07) is 0.554. The molecule has 2 aliphatic heterocycles. The Kier molecular flexibility index (Phi) is 5.16. The topological polar surface area (TPSA) is 39.5 Å². The van der Waals surface area contributed by atoms with E-state index in [4.69, 9.17) is 9.47 Å². The molecule has 0 spiro atoms. The molecule has 3 rings (SSSR count). The normalized spacial score (nSPS) is 29.2. The van der Waals surface area contributed by atoms with Crippen LogP contribution in [0.2, 0.25) is 0 Å². The van der Waals surface area contributed by atoms with Crippen molar-refractivity contribution in [1.29, 1.82) is 0 Å². The first-order chi connectivity index (χ1) is 10.6. The van der Waals surface area contributed by atoms with E-state index in [0.29, 0.717) is 18.1 Å². The van der Waals surface area contributed by atoms with E-state index in [2.05, 4.69) is 35.3 Å². The number of rotatable bonds is 6. The van der Waals surface area contributed by atoms with E-state index in [1.165, 1.54) is 6.42 Å². The van der Waals surface area contributed by atoms with Crippen molar-refractivity contribution in [1.82, 2.24) is 14.5 Å². The van der Waals surface area contributed by atoms with Gasteiger partial charge in [-0.3, -0.25) is 4.90 Å². The predicted octanol–water partition coefficient (Wildman–Crippen LogP) is 2.21. The van der Waals surface area contributed by atoms with Crippen molar-refractivity contribution in [3.8, 4) is 0 Å². The van der Waals surface area contributed by atoms with Crippen LogP contribution >= 0.6 is 0 Å². The van der Waals surface area contributed by atoms with Gasteiger partial charge in [0.2, 0.25) is 0 Å². The number of aryl methyl sites for hydroxylation is 1. The molecule has 5 heteroatoms. The van der Waals surface area contributed by atoms with E-state index in [1.807, 2.05) is 12.4 Å². The van der Waals surface area contributed by atoms with Crippen molar-refractivity contribution in [3.05, 3.63) is 18.2 Å². The summed E-state index contributed by atoms with van der Waals surface area (Å²) >= 11 is 0. The highest BCUT2D eigenvalue weighted by Gasteiger charge is 2.40. The van der Waals surface area contributed by atoms with Gasteiger partial charge in [0.1, 0.15) is 5.82 Å². The number of imidazole rings is 1. The van der Waals surface area contributed by atoms with Crippen LogP contribution in [0.5, 0.6) is 0 Å². The lowest BCUT2D eigenvalue weighted by Crippen LogP contribution is -2.43. The van der Waals surface area contributed by atoms with Crippen LogP contribution in [0.4, 0.5) is 0 Å². The van der Waals surface area contributed by atoms with Crippen LogP contribution in [0.3, 0.4) is 0 Å². The maximum atomic E-state index is 6.28. The summed E-state index contributed by atoms with van der Waals surface area (Å²) in [4.78, 5) is 6.99. The standard InChI is InChI=1S/C17H29N3O2/c1-13(2)11-21-12-14-4-5-15-16(22-14)6-8-20(15)10-17-18-7-9-19(17)3/h7,9,13-16H,4-6,8,10-12H2,1-3H3/t14-,15-,16-/m0/s1. The fraction of sp³-hybridized carbons (Fsp3) is 0.824. The summed E-state index contributed by atoms with van der Waals surface area (Å²) in [5.41, 5.74) is 0. The first kappa shape index (κ1) is 16.0. The monoisotopic (exact) mass is 307 g/mol. The Labute approximate surface area is 133 Å². The highest BCUT2D eigenvalue weighted by Crippen LogP contribution is 2.32. The summed E-state index contributed by atoms with van der Waals surface area (Å²) in [5.74, 6) is 1.74. The minimum absolute atomic E-state index is 0.285. The van der Waals surface area contributed by atoms with Crippen LogP contribution < -0.4 is 0 Å². The Morgan fingerprint density at radius 2 is 2.23 bits per heavy atom. The van der Waals surface area contributed by atoms with Gasteiger partial charge in [0, 0.05) is 38.6 Å². The lowest BCUT2D eigenvalue weighted by atomic mass is 9.99. The maximum absolute atomic E-state index is 6.28. The fourth-order valence-electron chi connectivity index (χ4n) is 3.57. The van der Waals surface area contributed by atoms with Crippen LogP contribution in [0.1, 0.15) is 38.9 Å². The highest BCUT2D eigenvalue weighted by atomic mass is 16.5. The molecule has 2 saturated heterocycles. The molecule has 0 unspecified atom stereocenters. The Bertz CT molecular complexity index is 474. The van der Waals surface area contributed by atoms with Gasteiger partial charge >= 0.3 is 0 Å². The van der Waals surface area contributed by atoms with E-state index in [-0.39, 0.29) is 6.10 Å². The van der Waals surface area contributed by atoms with E-state index in [9.17, 15) is 0 Å². The van der Waals surface area contributed by atoms with Crippen molar-refractivity contribution >= 4 is 0 Å². The summed E-state index contributed by atoms with van der Waals surface area (Å²) in [7, 11) is 2.06. The predicted molar refractivity (Wildman–Crippen MR) is 85.6 cm³/mol. The second kappa shape index (κ2) is 7.11. The summed E-state index contributed by atoms with van der Waals surface area (Å²) in [5, 5.41) is 0. The summed E-state index contributed by atoms with van der Waals surface area (Å²) in [6.07, 6.45) is 8.01.